The van der Waals surface area contributed by atoms with Gasteiger partial charge in [0.25, 0.3) is 0 Å². The Morgan fingerprint density at radius 3 is 3.05 bits per heavy atom. The maximum Gasteiger partial charge on any atom is 0.242 e. The standard InChI is InChI=1S/C12H16N6O/c1-9-3-2-4-14-11(9)6-15-12(19)8-18-7-10(5-13)16-17-18/h2-4,7H,5-6,8,13H2,1H3,(H,15,19). The van der Waals surface area contributed by atoms with Crippen molar-refractivity contribution in [1.29, 1.82) is 0 Å². The maximum absolute atomic E-state index is 11.7. The van der Waals surface area contributed by atoms with E-state index in [0.717, 1.165) is 11.3 Å². The molecule has 0 fully saturated rings. The van der Waals surface area contributed by atoms with E-state index < -0.39 is 0 Å². The second-order valence-electron chi connectivity index (χ2n) is 4.16. The zero-order valence-corrected chi connectivity index (χ0v) is 10.7. The highest BCUT2D eigenvalue weighted by Gasteiger charge is 2.06. The zero-order valence-electron chi connectivity index (χ0n) is 10.7. The molecular formula is C12H16N6O. The normalized spacial score (nSPS) is 10.4. The molecule has 0 saturated carbocycles. The summed E-state index contributed by atoms with van der Waals surface area (Å²) in [5.74, 6) is -0.140. The van der Waals surface area contributed by atoms with E-state index >= 15 is 0 Å². The summed E-state index contributed by atoms with van der Waals surface area (Å²) in [6, 6.07) is 3.82. The lowest BCUT2D eigenvalue weighted by molar-refractivity contribution is -0.122. The van der Waals surface area contributed by atoms with E-state index in [1.54, 1.807) is 12.4 Å². The Balaban J connectivity index is 1.86. The summed E-state index contributed by atoms with van der Waals surface area (Å²) >= 11 is 0. The van der Waals surface area contributed by atoms with Crippen molar-refractivity contribution in [1.82, 2.24) is 25.3 Å². The zero-order chi connectivity index (χ0) is 13.7. The van der Waals surface area contributed by atoms with Crippen LogP contribution in [0.5, 0.6) is 0 Å². The molecule has 0 aliphatic heterocycles. The van der Waals surface area contributed by atoms with Crippen LogP contribution in [0, 0.1) is 6.92 Å². The van der Waals surface area contributed by atoms with Gasteiger partial charge in [0.2, 0.25) is 5.91 Å². The Hall–Kier alpha value is -2.28. The van der Waals surface area contributed by atoms with Crippen LogP contribution in [0.2, 0.25) is 0 Å². The van der Waals surface area contributed by atoms with Crippen LogP contribution in [-0.4, -0.2) is 25.9 Å². The topological polar surface area (TPSA) is 98.7 Å². The SMILES string of the molecule is Cc1cccnc1CNC(=O)Cn1cc(CN)nn1. The van der Waals surface area contributed by atoms with Gasteiger partial charge in [-0.25, -0.2) is 4.68 Å². The molecule has 2 aromatic rings. The Morgan fingerprint density at radius 2 is 2.37 bits per heavy atom. The minimum absolute atomic E-state index is 0.124. The van der Waals surface area contributed by atoms with Crippen LogP contribution in [-0.2, 0) is 24.4 Å². The van der Waals surface area contributed by atoms with Crippen LogP contribution in [0.15, 0.2) is 24.5 Å². The molecular weight excluding hydrogens is 244 g/mol. The smallest absolute Gasteiger partial charge is 0.242 e. The van der Waals surface area contributed by atoms with E-state index in [0.29, 0.717) is 18.8 Å². The van der Waals surface area contributed by atoms with E-state index in [4.69, 9.17) is 5.73 Å². The minimum atomic E-state index is -0.140. The van der Waals surface area contributed by atoms with E-state index in [9.17, 15) is 4.79 Å². The van der Waals surface area contributed by atoms with Gasteiger partial charge in [-0.15, -0.1) is 5.10 Å². The van der Waals surface area contributed by atoms with Gasteiger partial charge < -0.3 is 11.1 Å². The van der Waals surface area contributed by atoms with Crippen LogP contribution in [0.3, 0.4) is 0 Å². The number of rotatable bonds is 5. The van der Waals surface area contributed by atoms with E-state index in [2.05, 4.69) is 20.6 Å². The van der Waals surface area contributed by atoms with Crippen LogP contribution in [0.25, 0.3) is 0 Å². The average Bonchev–Trinajstić information content (AvgIpc) is 2.85. The number of hydrogen-bond acceptors (Lipinski definition) is 5. The van der Waals surface area contributed by atoms with Crippen LogP contribution in [0.1, 0.15) is 17.0 Å². The van der Waals surface area contributed by atoms with Crippen molar-refractivity contribution in [3.63, 3.8) is 0 Å². The molecule has 0 aliphatic carbocycles. The van der Waals surface area contributed by atoms with E-state index in [-0.39, 0.29) is 12.5 Å². The molecule has 0 aromatic carbocycles. The van der Waals surface area contributed by atoms with Crippen molar-refractivity contribution >= 4 is 5.91 Å². The number of aromatic nitrogens is 4. The second-order valence-corrected chi connectivity index (χ2v) is 4.16. The predicted octanol–water partition coefficient (Wildman–Crippen LogP) is -0.243. The number of nitrogens with zero attached hydrogens (tertiary/aromatic N) is 4. The number of nitrogens with two attached hydrogens (primary N) is 1. The lowest BCUT2D eigenvalue weighted by Crippen LogP contribution is -2.28. The van der Waals surface area contributed by atoms with Crippen molar-refractivity contribution < 1.29 is 4.79 Å². The van der Waals surface area contributed by atoms with Gasteiger partial charge in [-0.2, -0.15) is 0 Å². The van der Waals surface area contributed by atoms with Gasteiger partial charge in [-0.05, 0) is 18.6 Å². The molecule has 0 spiro atoms. The predicted molar refractivity (Wildman–Crippen MR) is 68.7 cm³/mol. The fourth-order valence-corrected chi connectivity index (χ4v) is 1.60. The largest absolute Gasteiger partial charge is 0.349 e. The first-order valence-electron chi connectivity index (χ1n) is 5.95. The molecule has 3 N–H and O–H groups in total. The maximum atomic E-state index is 11.7. The number of amides is 1. The fourth-order valence-electron chi connectivity index (χ4n) is 1.60. The molecule has 0 atom stereocenters. The van der Waals surface area contributed by atoms with Gasteiger partial charge in [0, 0.05) is 12.7 Å². The number of nitrogens with one attached hydrogen (secondary N) is 1. The highest BCUT2D eigenvalue weighted by molar-refractivity contribution is 5.75. The van der Waals surface area contributed by atoms with E-state index in [1.165, 1.54) is 4.68 Å². The summed E-state index contributed by atoms with van der Waals surface area (Å²) in [5.41, 5.74) is 7.99. The molecule has 2 heterocycles. The third-order valence-electron chi connectivity index (χ3n) is 2.67. The molecule has 7 heteroatoms. The molecule has 0 radical (unpaired) electrons. The summed E-state index contributed by atoms with van der Waals surface area (Å²) in [5, 5.41) is 10.4. The van der Waals surface area contributed by atoms with Gasteiger partial charge >= 0.3 is 0 Å². The highest BCUT2D eigenvalue weighted by Crippen LogP contribution is 2.02. The van der Waals surface area contributed by atoms with Crippen molar-refractivity contribution in [3.8, 4) is 0 Å². The number of aryl methyl sites for hydroxylation is 1. The Labute approximate surface area is 110 Å². The van der Waals surface area contributed by atoms with Crippen molar-refractivity contribution in [2.75, 3.05) is 0 Å². The molecule has 7 nitrogen and oxygen atoms in total. The molecule has 0 saturated heterocycles. The average molecular weight is 260 g/mol. The van der Waals surface area contributed by atoms with E-state index in [1.807, 2.05) is 19.1 Å². The number of hydrogen-bond donors (Lipinski definition) is 2. The lowest BCUT2D eigenvalue weighted by Gasteiger charge is -2.06. The summed E-state index contributed by atoms with van der Waals surface area (Å²) in [4.78, 5) is 15.9. The number of carbonyl (C=O) groups is 1. The Morgan fingerprint density at radius 1 is 1.53 bits per heavy atom. The number of pyridine rings is 1. The Kier molecular flexibility index (Phi) is 4.19. The molecule has 0 aliphatic rings. The van der Waals surface area contributed by atoms with Gasteiger partial charge in [-0.3, -0.25) is 9.78 Å². The summed E-state index contributed by atoms with van der Waals surface area (Å²) in [7, 11) is 0. The molecule has 2 aromatic heterocycles. The fraction of sp³-hybridized carbons (Fsp3) is 0.333. The summed E-state index contributed by atoms with van der Waals surface area (Å²) < 4.78 is 1.46. The molecule has 2 rings (SSSR count). The highest BCUT2D eigenvalue weighted by atomic mass is 16.2. The van der Waals surface area contributed by atoms with Gasteiger partial charge in [-0.1, -0.05) is 11.3 Å². The Bertz CT molecular complexity index is 565. The molecule has 100 valence electrons. The third kappa shape index (κ3) is 3.59. The quantitative estimate of drug-likeness (QED) is 0.772. The minimum Gasteiger partial charge on any atom is -0.349 e. The third-order valence-corrected chi connectivity index (χ3v) is 2.67. The second kappa shape index (κ2) is 6.05. The molecule has 0 bridgehead atoms. The van der Waals surface area contributed by atoms with Crippen molar-refractivity contribution in [2.24, 2.45) is 5.73 Å². The molecule has 1 amide bonds. The number of carbonyl (C=O) groups excluding carboxylic acids is 1. The van der Waals surface area contributed by atoms with Crippen molar-refractivity contribution in [3.05, 3.63) is 41.5 Å². The van der Waals surface area contributed by atoms with Crippen LogP contribution >= 0.6 is 0 Å². The first-order valence-corrected chi connectivity index (χ1v) is 5.95. The summed E-state index contributed by atoms with van der Waals surface area (Å²) in [6.07, 6.45) is 3.37. The summed E-state index contributed by atoms with van der Waals surface area (Å²) in [6.45, 7) is 2.80. The molecule has 0 unspecified atom stereocenters. The lowest BCUT2D eigenvalue weighted by atomic mass is 10.2. The molecule has 19 heavy (non-hydrogen) atoms. The van der Waals surface area contributed by atoms with Gasteiger partial charge in [0.1, 0.15) is 6.54 Å². The van der Waals surface area contributed by atoms with Gasteiger partial charge in [0.05, 0.1) is 24.1 Å². The van der Waals surface area contributed by atoms with Crippen LogP contribution < -0.4 is 11.1 Å². The first-order chi connectivity index (χ1) is 9.19. The van der Waals surface area contributed by atoms with Crippen molar-refractivity contribution in [2.45, 2.75) is 26.6 Å². The monoisotopic (exact) mass is 260 g/mol. The van der Waals surface area contributed by atoms with Gasteiger partial charge in [0.15, 0.2) is 0 Å². The van der Waals surface area contributed by atoms with Crippen LogP contribution in [0.4, 0.5) is 0 Å². The first kappa shape index (κ1) is 13.2.